The monoisotopic (exact) mass is 433 g/mol. The number of pyridine rings is 1. The first-order valence-electron chi connectivity index (χ1n) is 10.9. The van der Waals surface area contributed by atoms with Gasteiger partial charge in [-0.3, -0.25) is 4.79 Å². The van der Waals surface area contributed by atoms with Crippen molar-refractivity contribution in [3.05, 3.63) is 52.2 Å². The van der Waals surface area contributed by atoms with Crippen molar-refractivity contribution < 1.29 is 0 Å². The van der Waals surface area contributed by atoms with Crippen molar-refractivity contribution in [3.63, 3.8) is 0 Å². The van der Waals surface area contributed by atoms with Crippen molar-refractivity contribution in [3.8, 4) is 11.1 Å². The maximum absolute atomic E-state index is 12.4. The van der Waals surface area contributed by atoms with Gasteiger partial charge in [0.1, 0.15) is 11.3 Å². The van der Waals surface area contributed by atoms with Crippen molar-refractivity contribution in [2.24, 2.45) is 13.0 Å². The molecule has 2 aliphatic rings. The molecule has 2 fully saturated rings. The van der Waals surface area contributed by atoms with Gasteiger partial charge in [-0.05, 0) is 43.7 Å². The average Bonchev–Trinajstić information content (AvgIpc) is 3.29. The predicted molar refractivity (Wildman–Crippen MR) is 125 cm³/mol. The second-order valence-electron chi connectivity index (χ2n) is 9.12. The van der Waals surface area contributed by atoms with Gasteiger partial charge in [0.15, 0.2) is 5.65 Å². The van der Waals surface area contributed by atoms with Crippen LogP contribution in [-0.2, 0) is 7.05 Å². The molecule has 4 aromatic rings. The average molecular weight is 434 g/mol. The van der Waals surface area contributed by atoms with Crippen LogP contribution in [0, 0.1) is 5.92 Å². The van der Waals surface area contributed by atoms with Crippen molar-refractivity contribution in [1.29, 1.82) is 0 Å². The Balaban J connectivity index is 1.44. The molecule has 5 heterocycles. The van der Waals surface area contributed by atoms with Gasteiger partial charge < -0.3 is 14.5 Å². The minimum absolute atomic E-state index is 0.0557. The number of nitrogens with zero attached hydrogens (tertiary/aromatic N) is 4. The van der Waals surface area contributed by atoms with Gasteiger partial charge in [-0.1, -0.05) is 24.6 Å². The van der Waals surface area contributed by atoms with Crippen LogP contribution < -0.4 is 10.5 Å². The molecule has 0 radical (unpaired) electrons. The molecule has 1 N–H and O–H groups in total. The topological polar surface area (TPSA) is 66.8 Å². The zero-order chi connectivity index (χ0) is 21.3. The highest BCUT2D eigenvalue weighted by molar-refractivity contribution is 6.38. The van der Waals surface area contributed by atoms with Crippen LogP contribution in [0.25, 0.3) is 33.1 Å². The highest BCUT2D eigenvalue weighted by Gasteiger charge is 2.40. The Bertz CT molecular complexity index is 1380. The van der Waals surface area contributed by atoms with Crippen molar-refractivity contribution in [2.75, 3.05) is 4.90 Å². The summed E-state index contributed by atoms with van der Waals surface area (Å²) in [4.78, 5) is 28.0. The molecule has 1 unspecified atom stereocenters. The summed E-state index contributed by atoms with van der Waals surface area (Å²) in [5.41, 5.74) is 3.26. The summed E-state index contributed by atoms with van der Waals surface area (Å²) < 4.78 is 1.56. The summed E-state index contributed by atoms with van der Waals surface area (Å²) >= 11 is 6.75. The molecule has 2 aliphatic heterocycles. The largest absolute Gasteiger partial charge is 0.349 e. The van der Waals surface area contributed by atoms with Gasteiger partial charge >= 0.3 is 0 Å². The van der Waals surface area contributed by atoms with Crippen LogP contribution in [0.1, 0.15) is 32.6 Å². The number of aromatic nitrogens is 4. The molecule has 0 saturated carbocycles. The van der Waals surface area contributed by atoms with Gasteiger partial charge in [-0.15, -0.1) is 0 Å². The molecular weight excluding hydrogens is 410 g/mol. The predicted octanol–water partition coefficient (Wildman–Crippen LogP) is 4.90. The number of aryl methyl sites for hydroxylation is 1. The molecule has 0 spiro atoms. The smallest absolute Gasteiger partial charge is 0.258 e. The van der Waals surface area contributed by atoms with E-state index in [-0.39, 0.29) is 5.56 Å². The number of anilines is 1. The molecular formula is C24H24ClN5O. The fraction of sp³-hybridized carbons (Fsp3) is 0.375. The molecule has 7 heteroatoms. The van der Waals surface area contributed by atoms with Crippen LogP contribution in [0.5, 0.6) is 0 Å². The molecule has 6 rings (SSSR count). The SMILES string of the molecule is CC1C[C@H]2CC[C@@H](C1)N2c1cnc2c(-c3ccc4c(=O)n(C)ccc4c3Cl)c[nH]c2n1. The maximum atomic E-state index is 12.4. The number of H-pyrrole nitrogens is 1. The lowest BCUT2D eigenvalue weighted by Crippen LogP contribution is -2.42. The van der Waals surface area contributed by atoms with Crippen LogP contribution in [0.15, 0.2) is 41.6 Å². The Morgan fingerprint density at radius 2 is 1.87 bits per heavy atom. The minimum atomic E-state index is -0.0557. The zero-order valence-corrected chi connectivity index (χ0v) is 18.4. The van der Waals surface area contributed by atoms with Gasteiger partial charge in [0.05, 0.1) is 11.2 Å². The van der Waals surface area contributed by atoms with Crippen LogP contribution >= 0.6 is 11.6 Å². The number of aromatic amines is 1. The van der Waals surface area contributed by atoms with E-state index in [1.807, 2.05) is 30.6 Å². The Kier molecular flexibility index (Phi) is 4.15. The summed E-state index contributed by atoms with van der Waals surface area (Å²) in [6.45, 7) is 2.36. The van der Waals surface area contributed by atoms with E-state index in [1.165, 1.54) is 25.7 Å². The quantitative estimate of drug-likeness (QED) is 0.488. The minimum Gasteiger partial charge on any atom is -0.349 e. The molecule has 0 amide bonds. The van der Waals surface area contributed by atoms with Gasteiger partial charge in [0.2, 0.25) is 0 Å². The van der Waals surface area contributed by atoms with E-state index >= 15 is 0 Å². The standard InChI is InChI=1S/C24H24ClN5O/c1-13-9-14-3-4-15(10-13)30(14)20-12-26-22-19(11-27-23(22)28-20)16-5-6-18-17(21(16)25)7-8-29(2)24(18)31/h5-8,11-15H,3-4,9-10H2,1-2H3,(H,27,28)/t13?,14-,15+. The summed E-state index contributed by atoms with van der Waals surface area (Å²) in [5, 5.41) is 1.92. The normalized spacial score (nSPS) is 23.2. The number of fused-ring (bicyclic) bond motifs is 4. The summed E-state index contributed by atoms with van der Waals surface area (Å²) in [7, 11) is 1.74. The molecule has 2 bridgehead atoms. The first-order valence-corrected chi connectivity index (χ1v) is 11.3. The first-order chi connectivity index (χ1) is 15.0. The van der Waals surface area contributed by atoms with Crippen LogP contribution in [0.3, 0.4) is 0 Å². The Morgan fingerprint density at radius 1 is 1.10 bits per heavy atom. The van der Waals surface area contributed by atoms with Crippen LogP contribution in [0.2, 0.25) is 5.02 Å². The lowest BCUT2D eigenvalue weighted by atomic mass is 9.92. The number of hydrogen-bond donors (Lipinski definition) is 1. The number of nitrogens with one attached hydrogen (secondary N) is 1. The van der Waals surface area contributed by atoms with Gasteiger partial charge in [-0.25, -0.2) is 9.97 Å². The third kappa shape index (κ3) is 2.81. The highest BCUT2D eigenvalue weighted by atomic mass is 35.5. The van der Waals surface area contributed by atoms with Crippen molar-refractivity contribution in [1.82, 2.24) is 19.5 Å². The Labute approximate surface area is 184 Å². The molecule has 3 aromatic heterocycles. The lowest BCUT2D eigenvalue weighted by Gasteiger charge is -2.38. The molecule has 31 heavy (non-hydrogen) atoms. The summed E-state index contributed by atoms with van der Waals surface area (Å²) in [6, 6.07) is 6.77. The van der Waals surface area contributed by atoms with E-state index in [2.05, 4.69) is 16.8 Å². The Morgan fingerprint density at radius 3 is 2.65 bits per heavy atom. The number of piperidine rings is 1. The molecule has 3 atom stereocenters. The van der Waals surface area contributed by atoms with E-state index < -0.39 is 0 Å². The number of benzene rings is 1. The van der Waals surface area contributed by atoms with Gasteiger partial charge in [-0.2, -0.15) is 0 Å². The zero-order valence-electron chi connectivity index (χ0n) is 17.6. The summed E-state index contributed by atoms with van der Waals surface area (Å²) in [5.74, 6) is 1.75. The maximum Gasteiger partial charge on any atom is 0.258 e. The van der Waals surface area contributed by atoms with E-state index in [0.29, 0.717) is 22.5 Å². The fourth-order valence-electron chi connectivity index (χ4n) is 5.63. The van der Waals surface area contributed by atoms with Crippen LogP contribution in [-0.4, -0.2) is 31.6 Å². The van der Waals surface area contributed by atoms with Crippen molar-refractivity contribution in [2.45, 2.75) is 44.7 Å². The lowest BCUT2D eigenvalue weighted by molar-refractivity contribution is 0.361. The Hall–Kier alpha value is -2.86. The van der Waals surface area contributed by atoms with E-state index in [4.69, 9.17) is 21.6 Å². The molecule has 2 saturated heterocycles. The van der Waals surface area contributed by atoms with Crippen LogP contribution in [0.4, 0.5) is 5.82 Å². The third-order valence-corrected chi connectivity index (χ3v) is 7.49. The van der Waals surface area contributed by atoms with Gasteiger partial charge in [0, 0.05) is 53.4 Å². The first kappa shape index (κ1) is 18.9. The fourth-order valence-corrected chi connectivity index (χ4v) is 5.96. The van der Waals surface area contributed by atoms with E-state index in [0.717, 1.165) is 39.4 Å². The third-order valence-electron chi connectivity index (χ3n) is 7.09. The van der Waals surface area contributed by atoms with E-state index in [9.17, 15) is 4.79 Å². The molecule has 0 aliphatic carbocycles. The summed E-state index contributed by atoms with van der Waals surface area (Å²) in [6.07, 6.45) is 10.5. The second kappa shape index (κ2) is 6.82. The molecule has 6 nitrogen and oxygen atoms in total. The molecule has 158 valence electrons. The number of rotatable bonds is 2. The van der Waals surface area contributed by atoms with Crippen molar-refractivity contribution >= 4 is 39.4 Å². The number of halogens is 1. The second-order valence-corrected chi connectivity index (χ2v) is 9.49. The highest BCUT2D eigenvalue weighted by Crippen LogP contribution is 2.42. The van der Waals surface area contributed by atoms with Gasteiger partial charge in [0.25, 0.3) is 5.56 Å². The number of hydrogen-bond acceptors (Lipinski definition) is 4. The van der Waals surface area contributed by atoms with E-state index in [1.54, 1.807) is 17.8 Å². The molecule has 1 aromatic carbocycles.